The Morgan fingerprint density at radius 2 is 2.20 bits per heavy atom. The van der Waals surface area contributed by atoms with Crippen molar-refractivity contribution >= 4 is 23.6 Å². The summed E-state index contributed by atoms with van der Waals surface area (Å²) >= 11 is 6.06. The number of esters is 1. The first-order valence-corrected chi connectivity index (χ1v) is 5.16. The van der Waals surface area contributed by atoms with E-state index in [1.54, 1.807) is 0 Å². The Kier molecular flexibility index (Phi) is 2.78. The van der Waals surface area contributed by atoms with E-state index in [2.05, 4.69) is 0 Å². The molecule has 1 aliphatic rings. The van der Waals surface area contributed by atoms with Gasteiger partial charge in [0.05, 0.1) is 7.11 Å². The van der Waals surface area contributed by atoms with E-state index >= 15 is 0 Å². The van der Waals surface area contributed by atoms with Crippen molar-refractivity contribution in [2.24, 2.45) is 0 Å². The number of carbonyl (C=O) groups excluding carboxylic acids is 1. The summed E-state index contributed by atoms with van der Waals surface area (Å²) in [7, 11) is 1.40. The first-order valence-electron chi connectivity index (χ1n) is 4.78. The fourth-order valence-corrected chi connectivity index (χ4v) is 2.06. The Labute approximate surface area is 93.5 Å². The number of halogens is 1. The van der Waals surface area contributed by atoms with Gasteiger partial charge in [0.2, 0.25) is 0 Å². The Hall–Kier alpha value is -1.28. The standard InChI is InChI=1S/C12H11ClO2/c1-15-12(14)9-5-6-10-8(7-9)3-2-4-11(10)13/h2-4,7H,5-6H2,1H3. The van der Waals surface area contributed by atoms with E-state index in [1.807, 2.05) is 24.3 Å². The smallest absolute Gasteiger partial charge is 0.333 e. The summed E-state index contributed by atoms with van der Waals surface area (Å²) in [5.41, 5.74) is 2.85. The second-order valence-corrected chi connectivity index (χ2v) is 3.88. The molecule has 2 nitrogen and oxygen atoms in total. The first kappa shape index (κ1) is 10.2. The van der Waals surface area contributed by atoms with E-state index in [4.69, 9.17) is 16.3 Å². The van der Waals surface area contributed by atoms with Crippen LogP contribution in [0.25, 0.3) is 6.08 Å². The summed E-state index contributed by atoms with van der Waals surface area (Å²) in [6, 6.07) is 5.72. The topological polar surface area (TPSA) is 26.3 Å². The third-order valence-corrected chi connectivity index (χ3v) is 2.93. The van der Waals surface area contributed by atoms with Crippen LogP contribution in [-0.2, 0) is 16.0 Å². The molecule has 0 unspecified atom stereocenters. The fraction of sp³-hybridized carbons (Fsp3) is 0.250. The molecule has 0 saturated carbocycles. The highest BCUT2D eigenvalue weighted by Crippen LogP contribution is 2.29. The molecule has 0 N–H and O–H groups in total. The molecule has 3 heteroatoms. The van der Waals surface area contributed by atoms with Crippen molar-refractivity contribution in [3.05, 3.63) is 39.9 Å². The number of ether oxygens (including phenoxy) is 1. The molecule has 0 heterocycles. The highest BCUT2D eigenvalue weighted by molar-refractivity contribution is 6.31. The van der Waals surface area contributed by atoms with Gasteiger partial charge in [-0.3, -0.25) is 0 Å². The molecule has 0 fully saturated rings. The van der Waals surface area contributed by atoms with Gasteiger partial charge in [0.25, 0.3) is 0 Å². The molecule has 1 aliphatic carbocycles. The largest absolute Gasteiger partial charge is 0.466 e. The summed E-state index contributed by atoms with van der Waals surface area (Å²) < 4.78 is 4.69. The molecular formula is C12H11ClO2. The molecule has 0 aromatic heterocycles. The summed E-state index contributed by atoms with van der Waals surface area (Å²) in [4.78, 5) is 11.3. The predicted molar refractivity (Wildman–Crippen MR) is 59.8 cm³/mol. The quantitative estimate of drug-likeness (QED) is 0.683. The number of hydrogen-bond donors (Lipinski definition) is 0. The number of carbonyl (C=O) groups is 1. The van der Waals surface area contributed by atoms with Gasteiger partial charge in [0, 0.05) is 10.6 Å². The van der Waals surface area contributed by atoms with Crippen molar-refractivity contribution in [2.75, 3.05) is 7.11 Å². The number of rotatable bonds is 1. The third-order valence-electron chi connectivity index (χ3n) is 2.58. The van der Waals surface area contributed by atoms with Gasteiger partial charge in [-0.2, -0.15) is 0 Å². The summed E-state index contributed by atoms with van der Waals surface area (Å²) in [6.45, 7) is 0. The number of methoxy groups -OCH3 is 1. The molecule has 0 amide bonds. The van der Waals surface area contributed by atoms with E-state index in [9.17, 15) is 4.79 Å². The Morgan fingerprint density at radius 3 is 2.93 bits per heavy atom. The average Bonchev–Trinajstić information content (AvgIpc) is 2.28. The number of hydrogen-bond acceptors (Lipinski definition) is 2. The average molecular weight is 223 g/mol. The van der Waals surface area contributed by atoms with Gasteiger partial charge in [-0.25, -0.2) is 4.79 Å². The van der Waals surface area contributed by atoms with Crippen LogP contribution >= 0.6 is 11.6 Å². The highest BCUT2D eigenvalue weighted by atomic mass is 35.5. The van der Waals surface area contributed by atoms with Crippen molar-refractivity contribution in [3.63, 3.8) is 0 Å². The minimum absolute atomic E-state index is 0.249. The van der Waals surface area contributed by atoms with E-state index in [-0.39, 0.29) is 5.97 Å². The lowest BCUT2D eigenvalue weighted by molar-refractivity contribution is -0.136. The summed E-state index contributed by atoms with van der Waals surface area (Å²) in [5, 5.41) is 0.771. The van der Waals surface area contributed by atoms with Gasteiger partial charge in [0.1, 0.15) is 0 Å². The summed E-state index contributed by atoms with van der Waals surface area (Å²) in [5.74, 6) is -0.249. The Morgan fingerprint density at radius 1 is 1.40 bits per heavy atom. The van der Waals surface area contributed by atoms with Crippen LogP contribution < -0.4 is 0 Å². The Balaban J connectivity index is 2.42. The van der Waals surface area contributed by atoms with Crippen molar-refractivity contribution in [3.8, 4) is 0 Å². The van der Waals surface area contributed by atoms with Crippen molar-refractivity contribution < 1.29 is 9.53 Å². The van der Waals surface area contributed by atoms with Crippen LogP contribution in [0.2, 0.25) is 5.02 Å². The normalized spacial score (nSPS) is 14.1. The van der Waals surface area contributed by atoms with Crippen molar-refractivity contribution in [1.29, 1.82) is 0 Å². The molecular weight excluding hydrogens is 212 g/mol. The van der Waals surface area contributed by atoms with Crippen LogP contribution in [0.4, 0.5) is 0 Å². The molecule has 0 radical (unpaired) electrons. The maximum atomic E-state index is 11.3. The van der Waals surface area contributed by atoms with Crippen LogP contribution in [0.5, 0.6) is 0 Å². The molecule has 2 rings (SSSR count). The van der Waals surface area contributed by atoms with E-state index < -0.39 is 0 Å². The van der Waals surface area contributed by atoms with E-state index in [0.29, 0.717) is 12.0 Å². The minimum atomic E-state index is -0.249. The molecule has 1 aromatic rings. The lowest BCUT2D eigenvalue weighted by atomic mass is 9.92. The van der Waals surface area contributed by atoms with Crippen LogP contribution in [0.15, 0.2) is 23.8 Å². The van der Waals surface area contributed by atoms with Gasteiger partial charge in [-0.15, -0.1) is 0 Å². The zero-order valence-corrected chi connectivity index (χ0v) is 9.17. The van der Waals surface area contributed by atoms with Gasteiger partial charge in [0.15, 0.2) is 0 Å². The number of fused-ring (bicyclic) bond motifs is 1. The Bertz CT molecular complexity index is 435. The van der Waals surface area contributed by atoms with Crippen molar-refractivity contribution in [2.45, 2.75) is 12.8 Å². The van der Waals surface area contributed by atoms with Crippen molar-refractivity contribution in [1.82, 2.24) is 0 Å². The lowest BCUT2D eigenvalue weighted by Crippen LogP contribution is -2.09. The molecule has 0 aliphatic heterocycles. The molecule has 0 atom stereocenters. The molecule has 1 aromatic carbocycles. The second-order valence-electron chi connectivity index (χ2n) is 3.47. The van der Waals surface area contributed by atoms with Crippen LogP contribution in [-0.4, -0.2) is 13.1 Å². The van der Waals surface area contributed by atoms with Gasteiger partial charge in [-0.05, 0) is 36.1 Å². The van der Waals surface area contributed by atoms with Gasteiger partial charge >= 0.3 is 5.97 Å². The van der Waals surface area contributed by atoms with Gasteiger partial charge in [-0.1, -0.05) is 23.7 Å². The molecule has 0 spiro atoms. The van der Waals surface area contributed by atoms with E-state index in [1.165, 1.54) is 7.11 Å². The molecule has 78 valence electrons. The fourth-order valence-electron chi connectivity index (χ4n) is 1.79. The first-order chi connectivity index (χ1) is 7.22. The minimum Gasteiger partial charge on any atom is -0.466 e. The molecule has 0 bridgehead atoms. The SMILES string of the molecule is COC(=O)C1=Cc2cccc(Cl)c2CC1. The predicted octanol–water partition coefficient (Wildman–Crippen LogP) is 2.84. The zero-order chi connectivity index (χ0) is 10.8. The number of benzene rings is 1. The highest BCUT2D eigenvalue weighted by Gasteiger charge is 2.17. The van der Waals surface area contributed by atoms with Crippen LogP contribution in [0, 0.1) is 0 Å². The van der Waals surface area contributed by atoms with Crippen LogP contribution in [0.3, 0.4) is 0 Å². The maximum absolute atomic E-state index is 11.3. The molecule has 0 saturated heterocycles. The summed E-state index contributed by atoms with van der Waals surface area (Å²) in [6.07, 6.45) is 3.36. The van der Waals surface area contributed by atoms with E-state index in [0.717, 1.165) is 22.6 Å². The van der Waals surface area contributed by atoms with Crippen LogP contribution in [0.1, 0.15) is 17.5 Å². The third kappa shape index (κ3) is 1.90. The lowest BCUT2D eigenvalue weighted by Gasteiger charge is -2.15. The monoisotopic (exact) mass is 222 g/mol. The zero-order valence-electron chi connectivity index (χ0n) is 8.42. The second kappa shape index (κ2) is 4.07. The maximum Gasteiger partial charge on any atom is 0.333 e. The van der Waals surface area contributed by atoms with Gasteiger partial charge < -0.3 is 4.74 Å². The molecule has 15 heavy (non-hydrogen) atoms.